The molecule has 2 fully saturated rings. The first-order valence-electron chi connectivity index (χ1n) is 11.7. The lowest BCUT2D eigenvalue weighted by Gasteiger charge is -2.26. The maximum atomic E-state index is 13.1. The van der Waals surface area contributed by atoms with E-state index < -0.39 is 15.9 Å². The van der Waals surface area contributed by atoms with Crippen LogP contribution in [0.2, 0.25) is 0 Å². The molecule has 1 aliphatic carbocycles. The number of carbonyl (C=O) groups excluding carboxylic acids is 2. The number of carbonyl (C=O) groups is 2. The minimum absolute atomic E-state index is 0.0709. The van der Waals surface area contributed by atoms with Crippen LogP contribution < -0.4 is 10.2 Å². The number of ether oxygens (including phenoxy) is 1. The Hall–Kier alpha value is -2.75. The van der Waals surface area contributed by atoms with E-state index in [0.29, 0.717) is 38.5 Å². The first kappa shape index (κ1) is 23.0. The number of nitrogens with zero attached hydrogens (tertiary/aromatic N) is 2. The minimum Gasteiger partial charge on any atom is -0.379 e. The second-order valence-electron chi connectivity index (χ2n) is 9.19. The highest BCUT2D eigenvalue weighted by molar-refractivity contribution is 7.89. The second kappa shape index (κ2) is 9.13. The van der Waals surface area contributed by atoms with Crippen LogP contribution in [0.25, 0.3) is 0 Å². The van der Waals surface area contributed by atoms with Gasteiger partial charge in [0.25, 0.3) is 0 Å². The van der Waals surface area contributed by atoms with Gasteiger partial charge in [-0.3, -0.25) is 9.59 Å². The summed E-state index contributed by atoms with van der Waals surface area (Å²) in [6.45, 7) is 3.48. The van der Waals surface area contributed by atoms with Crippen molar-refractivity contribution in [1.29, 1.82) is 0 Å². The predicted molar refractivity (Wildman–Crippen MR) is 128 cm³/mol. The molecule has 2 aliphatic heterocycles. The Morgan fingerprint density at radius 3 is 2.62 bits per heavy atom. The van der Waals surface area contributed by atoms with Gasteiger partial charge in [-0.05, 0) is 67.1 Å². The van der Waals surface area contributed by atoms with Crippen LogP contribution in [0.15, 0.2) is 41.3 Å². The van der Waals surface area contributed by atoms with Gasteiger partial charge in [0.2, 0.25) is 21.8 Å². The molecule has 0 aromatic heterocycles. The quantitative estimate of drug-likeness (QED) is 0.705. The van der Waals surface area contributed by atoms with E-state index in [0.717, 1.165) is 30.5 Å². The summed E-state index contributed by atoms with van der Waals surface area (Å²) in [5.41, 5.74) is 4.67. The van der Waals surface area contributed by atoms with E-state index in [2.05, 4.69) is 17.4 Å². The molecule has 180 valence electrons. The van der Waals surface area contributed by atoms with Gasteiger partial charge in [0.05, 0.1) is 24.0 Å². The summed E-state index contributed by atoms with van der Waals surface area (Å²) < 4.78 is 32.7. The molecule has 2 aromatic carbocycles. The van der Waals surface area contributed by atoms with E-state index in [1.54, 1.807) is 17.0 Å². The fraction of sp³-hybridized carbons (Fsp3) is 0.440. The Balaban J connectivity index is 1.31. The van der Waals surface area contributed by atoms with Crippen LogP contribution >= 0.6 is 0 Å². The van der Waals surface area contributed by atoms with E-state index in [9.17, 15) is 18.0 Å². The van der Waals surface area contributed by atoms with Gasteiger partial charge in [0.15, 0.2) is 0 Å². The highest BCUT2D eigenvalue weighted by Gasteiger charge is 2.36. The Morgan fingerprint density at radius 2 is 1.82 bits per heavy atom. The van der Waals surface area contributed by atoms with E-state index in [1.165, 1.54) is 21.5 Å². The molecule has 9 heteroatoms. The summed E-state index contributed by atoms with van der Waals surface area (Å²) in [6, 6.07) is 10.9. The molecule has 34 heavy (non-hydrogen) atoms. The number of benzene rings is 2. The predicted octanol–water partition coefficient (Wildman–Crippen LogP) is 2.50. The zero-order valence-corrected chi connectivity index (χ0v) is 20.1. The molecule has 2 heterocycles. The highest BCUT2D eigenvalue weighted by Crippen LogP contribution is 2.31. The molecule has 8 nitrogen and oxygen atoms in total. The van der Waals surface area contributed by atoms with Crippen LogP contribution in [0, 0.1) is 12.8 Å². The van der Waals surface area contributed by atoms with Gasteiger partial charge in [-0.2, -0.15) is 4.31 Å². The van der Waals surface area contributed by atoms with Crippen molar-refractivity contribution in [3.05, 3.63) is 53.1 Å². The first-order chi connectivity index (χ1) is 16.3. The van der Waals surface area contributed by atoms with Gasteiger partial charge >= 0.3 is 0 Å². The van der Waals surface area contributed by atoms with Crippen molar-refractivity contribution in [1.82, 2.24) is 4.31 Å². The van der Waals surface area contributed by atoms with Crippen LogP contribution in [0.5, 0.6) is 0 Å². The van der Waals surface area contributed by atoms with Crippen LogP contribution in [0.1, 0.15) is 29.5 Å². The first-order valence-corrected chi connectivity index (χ1v) is 13.2. The van der Waals surface area contributed by atoms with Crippen molar-refractivity contribution in [3.8, 4) is 0 Å². The largest absolute Gasteiger partial charge is 0.379 e. The Morgan fingerprint density at radius 1 is 1.06 bits per heavy atom. The zero-order valence-electron chi connectivity index (χ0n) is 19.2. The molecule has 0 spiro atoms. The third kappa shape index (κ3) is 4.35. The van der Waals surface area contributed by atoms with Crippen molar-refractivity contribution in [3.63, 3.8) is 0 Å². The highest BCUT2D eigenvalue weighted by atomic mass is 32.2. The van der Waals surface area contributed by atoms with Crippen molar-refractivity contribution in [2.24, 2.45) is 5.92 Å². The van der Waals surface area contributed by atoms with Crippen LogP contribution in [-0.2, 0) is 37.2 Å². The van der Waals surface area contributed by atoms with Gasteiger partial charge in [-0.25, -0.2) is 8.42 Å². The zero-order chi connectivity index (χ0) is 23.9. The van der Waals surface area contributed by atoms with Gasteiger partial charge in [0.1, 0.15) is 0 Å². The third-order valence-corrected chi connectivity index (χ3v) is 8.86. The number of aryl methyl sites for hydroxylation is 3. The summed E-state index contributed by atoms with van der Waals surface area (Å²) in [4.78, 5) is 27.6. The number of hydrogen-bond acceptors (Lipinski definition) is 5. The third-order valence-electron chi connectivity index (χ3n) is 6.96. The van der Waals surface area contributed by atoms with Gasteiger partial charge in [-0.15, -0.1) is 0 Å². The lowest BCUT2D eigenvalue weighted by atomic mass is 10.1. The Kier molecular flexibility index (Phi) is 6.18. The summed E-state index contributed by atoms with van der Waals surface area (Å²) in [5, 5.41) is 2.88. The summed E-state index contributed by atoms with van der Waals surface area (Å²) in [5.74, 6) is -0.848. The average molecular weight is 484 g/mol. The van der Waals surface area contributed by atoms with Gasteiger partial charge in [-0.1, -0.05) is 12.1 Å². The molecular weight excluding hydrogens is 454 g/mol. The molecule has 1 atom stereocenters. The van der Waals surface area contributed by atoms with Crippen LogP contribution in [0.4, 0.5) is 11.4 Å². The SMILES string of the molecule is Cc1ccc(S(=O)(=O)N2CCOCC2)cc1NC(=O)C1CC(=O)N(c2ccc3c(c2)CCC3)C1. The summed E-state index contributed by atoms with van der Waals surface area (Å²) in [6.07, 6.45) is 3.37. The molecule has 2 aromatic rings. The molecule has 3 aliphatic rings. The number of amides is 2. The van der Waals surface area contributed by atoms with E-state index in [-0.39, 0.29) is 23.1 Å². The standard InChI is InChI=1S/C25H29N3O5S/c1-17-5-8-22(34(31,32)27-9-11-33-12-10-27)15-23(17)26-25(30)20-14-24(29)28(16-20)21-7-6-18-3-2-4-19(18)13-21/h5-8,13,15,20H,2-4,9-12,14,16H2,1H3,(H,26,30). The number of morpholine rings is 1. The topological polar surface area (TPSA) is 96.0 Å². The summed E-state index contributed by atoms with van der Waals surface area (Å²) in [7, 11) is -3.68. The Labute approximate surface area is 199 Å². The van der Waals surface area contributed by atoms with Crippen LogP contribution in [0.3, 0.4) is 0 Å². The lowest BCUT2D eigenvalue weighted by molar-refractivity contribution is -0.122. The molecule has 1 N–H and O–H groups in total. The fourth-order valence-corrected chi connectivity index (χ4v) is 6.36. The molecule has 0 bridgehead atoms. The number of sulfonamides is 1. The van der Waals surface area contributed by atoms with E-state index >= 15 is 0 Å². The normalized spacial score (nSPS) is 21.0. The van der Waals surface area contributed by atoms with E-state index in [1.807, 2.05) is 13.0 Å². The number of anilines is 2. The molecular formula is C25H29N3O5S. The fourth-order valence-electron chi connectivity index (χ4n) is 4.93. The van der Waals surface area contributed by atoms with E-state index in [4.69, 9.17) is 4.74 Å². The van der Waals surface area contributed by atoms with Crippen molar-refractivity contribution in [2.75, 3.05) is 43.1 Å². The van der Waals surface area contributed by atoms with Gasteiger partial charge < -0.3 is 15.0 Å². The average Bonchev–Trinajstić information content (AvgIpc) is 3.47. The van der Waals surface area contributed by atoms with Crippen LogP contribution in [-0.4, -0.2) is 57.4 Å². The molecule has 2 amide bonds. The molecule has 0 saturated carbocycles. The van der Waals surface area contributed by atoms with Crippen molar-refractivity contribution in [2.45, 2.75) is 37.5 Å². The smallest absolute Gasteiger partial charge is 0.243 e. The summed E-state index contributed by atoms with van der Waals surface area (Å²) >= 11 is 0. The maximum Gasteiger partial charge on any atom is 0.243 e. The molecule has 0 radical (unpaired) electrons. The molecule has 1 unspecified atom stereocenters. The molecule has 2 saturated heterocycles. The molecule has 5 rings (SSSR count). The number of fused-ring (bicyclic) bond motifs is 1. The minimum atomic E-state index is -3.68. The second-order valence-corrected chi connectivity index (χ2v) is 11.1. The number of rotatable bonds is 5. The number of hydrogen-bond donors (Lipinski definition) is 1. The monoisotopic (exact) mass is 483 g/mol. The van der Waals surface area contributed by atoms with Crippen molar-refractivity contribution < 1.29 is 22.7 Å². The van der Waals surface area contributed by atoms with Crippen molar-refractivity contribution >= 4 is 33.2 Å². The number of nitrogens with one attached hydrogen (secondary N) is 1. The Bertz CT molecular complexity index is 1240. The van der Waals surface area contributed by atoms with Gasteiger partial charge in [0, 0.05) is 37.4 Å². The lowest BCUT2D eigenvalue weighted by Crippen LogP contribution is -2.40. The maximum absolute atomic E-state index is 13.1.